The molecule has 0 aliphatic rings. The van der Waals surface area contributed by atoms with Gasteiger partial charge in [-0.2, -0.15) is 13.2 Å². The zero-order valence-corrected chi connectivity index (χ0v) is 28.6. The highest BCUT2D eigenvalue weighted by molar-refractivity contribution is 7.92. The summed E-state index contributed by atoms with van der Waals surface area (Å²) in [5.74, 6) is -1.42. The van der Waals surface area contributed by atoms with E-state index in [4.69, 9.17) is 34.8 Å². The van der Waals surface area contributed by atoms with Crippen molar-refractivity contribution in [2.24, 2.45) is 0 Å². The third kappa shape index (κ3) is 9.22. The first-order valence-electron chi connectivity index (χ1n) is 14.7. The van der Waals surface area contributed by atoms with Gasteiger partial charge < -0.3 is 10.2 Å². The largest absolute Gasteiger partial charge is 0.416 e. The molecule has 0 saturated heterocycles. The molecule has 0 aliphatic carbocycles. The Balaban J connectivity index is 1.88. The van der Waals surface area contributed by atoms with E-state index >= 15 is 0 Å². The number of halogens is 6. The van der Waals surface area contributed by atoms with Crippen LogP contribution in [-0.2, 0) is 38.8 Å². The van der Waals surface area contributed by atoms with Crippen molar-refractivity contribution in [2.75, 3.05) is 17.4 Å². The Bertz CT molecular complexity index is 1850. The van der Waals surface area contributed by atoms with Crippen LogP contribution in [0, 0.1) is 0 Å². The van der Waals surface area contributed by atoms with Gasteiger partial charge in [-0.3, -0.25) is 13.9 Å². The summed E-state index contributed by atoms with van der Waals surface area (Å²) < 4.78 is 70.2. The highest BCUT2D eigenvalue weighted by atomic mass is 35.5. The van der Waals surface area contributed by atoms with Gasteiger partial charge in [-0.25, -0.2) is 8.42 Å². The van der Waals surface area contributed by atoms with Crippen LogP contribution in [0.15, 0.2) is 102 Å². The molecule has 0 aliphatic heterocycles. The second kappa shape index (κ2) is 16.1. The molecule has 4 rings (SSSR count). The second-order valence-electron chi connectivity index (χ2n) is 10.7. The third-order valence-electron chi connectivity index (χ3n) is 7.33. The fourth-order valence-corrected chi connectivity index (χ4v) is 7.05. The fraction of sp³-hybridized carbons (Fsp3) is 0.235. The van der Waals surface area contributed by atoms with Crippen LogP contribution in [0.4, 0.5) is 18.9 Å². The number of anilines is 1. The molecule has 14 heteroatoms. The van der Waals surface area contributed by atoms with Crippen LogP contribution in [0.25, 0.3) is 0 Å². The minimum absolute atomic E-state index is 0.0308. The topological polar surface area (TPSA) is 86.8 Å². The minimum Gasteiger partial charge on any atom is -0.354 e. The SMILES string of the molecule is CCCNC(=O)[C@H](Cc1ccccc1)N(Cc1ccc(Cl)cc1Cl)C(=O)CN(c1cc(C(F)(F)F)ccc1Cl)S(=O)(=O)c1ccccc1. The quantitative estimate of drug-likeness (QED) is 0.151. The first-order valence-corrected chi connectivity index (χ1v) is 17.3. The summed E-state index contributed by atoms with van der Waals surface area (Å²) in [6, 6.07) is 21.4. The van der Waals surface area contributed by atoms with Gasteiger partial charge in [-0.15, -0.1) is 0 Å². The lowest BCUT2D eigenvalue weighted by atomic mass is 10.0. The summed E-state index contributed by atoms with van der Waals surface area (Å²) in [6.07, 6.45) is -4.22. The maximum atomic E-state index is 14.5. The van der Waals surface area contributed by atoms with E-state index < -0.39 is 51.9 Å². The molecule has 254 valence electrons. The molecule has 0 spiro atoms. The number of rotatable bonds is 13. The highest BCUT2D eigenvalue weighted by Gasteiger charge is 2.37. The molecule has 0 radical (unpaired) electrons. The van der Waals surface area contributed by atoms with Crippen molar-refractivity contribution in [3.63, 3.8) is 0 Å². The first-order chi connectivity index (χ1) is 22.7. The van der Waals surface area contributed by atoms with Crippen molar-refractivity contribution in [1.82, 2.24) is 10.2 Å². The van der Waals surface area contributed by atoms with Crippen molar-refractivity contribution in [3.8, 4) is 0 Å². The van der Waals surface area contributed by atoms with Gasteiger partial charge in [0.05, 0.1) is 21.2 Å². The zero-order valence-electron chi connectivity index (χ0n) is 25.6. The molecule has 0 bridgehead atoms. The molecule has 7 nitrogen and oxygen atoms in total. The Kier molecular flexibility index (Phi) is 12.4. The van der Waals surface area contributed by atoms with E-state index in [0.29, 0.717) is 45.6 Å². The fourth-order valence-electron chi connectivity index (χ4n) is 4.87. The number of hydrogen-bond acceptors (Lipinski definition) is 4. The summed E-state index contributed by atoms with van der Waals surface area (Å²) in [4.78, 5) is 29.1. The molecular formula is C34H31Cl3F3N3O4S. The molecule has 0 unspecified atom stereocenters. The van der Waals surface area contributed by atoms with Crippen LogP contribution >= 0.6 is 34.8 Å². The lowest BCUT2D eigenvalue weighted by molar-refractivity contribution is -0.140. The lowest BCUT2D eigenvalue weighted by Crippen LogP contribution is -2.53. The average Bonchev–Trinajstić information content (AvgIpc) is 3.05. The smallest absolute Gasteiger partial charge is 0.354 e. The standard InChI is InChI=1S/C34H31Cl3F3N3O4S/c1-2-17-41-33(45)31(18-23-9-5-3-6-10-23)42(21-24-13-15-26(35)20-29(24)37)32(44)22-43(48(46,47)27-11-7-4-8-12-27)30-19-25(34(38,39)40)14-16-28(30)36/h3-16,19-20,31H,2,17-18,21-22H2,1H3,(H,41,45)/t31-/m0/s1. The molecule has 4 aromatic rings. The van der Waals surface area contributed by atoms with Crippen LogP contribution in [0.3, 0.4) is 0 Å². The minimum atomic E-state index is -4.85. The van der Waals surface area contributed by atoms with Gasteiger partial charge in [0.15, 0.2) is 0 Å². The number of nitrogens with zero attached hydrogens (tertiary/aromatic N) is 2. The Labute approximate surface area is 292 Å². The third-order valence-corrected chi connectivity index (χ3v) is 10.0. The van der Waals surface area contributed by atoms with Gasteiger partial charge in [0.2, 0.25) is 11.8 Å². The van der Waals surface area contributed by atoms with E-state index in [1.54, 1.807) is 48.5 Å². The van der Waals surface area contributed by atoms with Gasteiger partial charge in [0.25, 0.3) is 10.0 Å². The Morgan fingerprint density at radius 1 is 0.854 bits per heavy atom. The number of nitrogens with one attached hydrogen (secondary N) is 1. The van der Waals surface area contributed by atoms with Gasteiger partial charge in [0.1, 0.15) is 12.6 Å². The summed E-state index contributed by atoms with van der Waals surface area (Å²) in [5, 5.41) is 2.97. The number of sulfonamides is 1. The van der Waals surface area contributed by atoms with Crippen LogP contribution in [0.2, 0.25) is 15.1 Å². The van der Waals surface area contributed by atoms with Crippen molar-refractivity contribution in [3.05, 3.63) is 129 Å². The maximum Gasteiger partial charge on any atom is 0.416 e. The number of amides is 2. The Hall–Kier alpha value is -3.77. The normalized spacial score (nSPS) is 12.3. The molecular weight excluding hydrogens is 710 g/mol. The van der Waals surface area contributed by atoms with Gasteiger partial charge in [-0.05, 0) is 60.0 Å². The van der Waals surface area contributed by atoms with Crippen LogP contribution < -0.4 is 9.62 Å². The summed E-state index contributed by atoms with van der Waals surface area (Å²) in [5.41, 5.74) is -0.648. The number of carbonyl (C=O) groups is 2. The van der Waals surface area contributed by atoms with E-state index in [1.165, 1.54) is 35.2 Å². The van der Waals surface area contributed by atoms with Gasteiger partial charge in [0, 0.05) is 29.6 Å². The maximum absolute atomic E-state index is 14.5. The van der Waals surface area contributed by atoms with Gasteiger partial charge >= 0.3 is 6.18 Å². The lowest BCUT2D eigenvalue weighted by Gasteiger charge is -2.34. The van der Waals surface area contributed by atoms with Crippen molar-refractivity contribution in [2.45, 2.75) is 43.4 Å². The van der Waals surface area contributed by atoms with Crippen LogP contribution in [0.5, 0.6) is 0 Å². The van der Waals surface area contributed by atoms with E-state index in [2.05, 4.69) is 5.32 Å². The first kappa shape index (κ1) is 37.1. The summed E-state index contributed by atoms with van der Waals surface area (Å²) in [6.45, 7) is 0.882. The molecule has 0 saturated carbocycles. The Morgan fingerprint density at radius 2 is 1.50 bits per heavy atom. The number of carbonyl (C=O) groups excluding carboxylic acids is 2. The Morgan fingerprint density at radius 3 is 2.10 bits per heavy atom. The summed E-state index contributed by atoms with van der Waals surface area (Å²) >= 11 is 18.9. The predicted octanol–water partition coefficient (Wildman–Crippen LogP) is 8.03. The molecule has 2 amide bonds. The summed E-state index contributed by atoms with van der Waals surface area (Å²) in [7, 11) is -4.68. The monoisotopic (exact) mass is 739 g/mol. The van der Waals surface area contributed by atoms with Crippen molar-refractivity contribution in [1.29, 1.82) is 0 Å². The average molecular weight is 741 g/mol. The molecule has 48 heavy (non-hydrogen) atoms. The number of benzene rings is 4. The van der Waals surface area contributed by atoms with E-state index in [9.17, 15) is 31.2 Å². The molecule has 1 N–H and O–H groups in total. The second-order valence-corrected chi connectivity index (χ2v) is 13.9. The molecule has 0 fully saturated rings. The molecule has 0 heterocycles. The van der Waals surface area contributed by atoms with E-state index in [1.807, 2.05) is 6.92 Å². The number of alkyl halides is 3. The zero-order chi connectivity index (χ0) is 35.1. The highest BCUT2D eigenvalue weighted by Crippen LogP contribution is 2.37. The van der Waals surface area contributed by atoms with E-state index in [-0.39, 0.29) is 27.9 Å². The molecule has 0 aromatic heterocycles. The predicted molar refractivity (Wildman–Crippen MR) is 182 cm³/mol. The van der Waals surface area contributed by atoms with Gasteiger partial charge in [-0.1, -0.05) is 96.3 Å². The van der Waals surface area contributed by atoms with Crippen LogP contribution in [0.1, 0.15) is 30.0 Å². The van der Waals surface area contributed by atoms with Crippen molar-refractivity contribution >= 4 is 62.3 Å². The number of hydrogen-bond donors (Lipinski definition) is 1. The van der Waals surface area contributed by atoms with Crippen LogP contribution in [-0.4, -0.2) is 44.3 Å². The molecule has 1 atom stereocenters. The van der Waals surface area contributed by atoms with E-state index in [0.717, 1.165) is 6.07 Å². The van der Waals surface area contributed by atoms with Crippen molar-refractivity contribution < 1.29 is 31.2 Å². The molecule has 4 aromatic carbocycles.